The fourth-order valence-electron chi connectivity index (χ4n) is 3.91. The van der Waals surface area contributed by atoms with Crippen LogP contribution in [0.4, 0.5) is 0 Å². The Morgan fingerprint density at radius 1 is 0.939 bits per heavy atom. The number of aromatic carboxylic acids is 1. The third-order valence-electron chi connectivity index (χ3n) is 5.60. The average molecular weight is 487 g/mol. The molecule has 0 saturated heterocycles. The molecule has 0 spiro atoms. The number of halogens is 2. The van der Waals surface area contributed by atoms with Crippen molar-refractivity contribution < 1.29 is 15.0 Å². The maximum atomic E-state index is 10.5. The molecule has 0 amide bonds. The Balaban J connectivity index is 0.000000235. The van der Waals surface area contributed by atoms with Crippen molar-refractivity contribution in [3.05, 3.63) is 82.3 Å². The number of carboxylic acid groups (broad SMARTS) is 1. The van der Waals surface area contributed by atoms with Crippen molar-refractivity contribution in [2.75, 3.05) is 19.6 Å². The van der Waals surface area contributed by atoms with Crippen LogP contribution in [0.5, 0.6) is 0 Å². The van der Waals surface area contributed by atoms with Crippen molar-refractivity contribution in [1.29, 1.82) is 0 Å². The minimum absolute atomic E-state index is 0.0658. The number of carboxylic acids is 1. The number of aliphatic hydroxyl groups is 1. The van der Waals surface area contributed by atoms with Crippen molar-refractivity contribution in [3.8, 4) is 0 Å². The number of nitrogens with zero attached hydrogens (tertiary/aromatic N) is 2. The quantitative estimate of drug-likeness (QED) is 0.326. The highest BCUT2D eigenvalue weighted by atomic mass is 35.5. The first-order valence-corrected chi connectivity index (χ1v) is 11.7. The Morgan fingerprint density at radius 3 is 1.97 bits per heavy atom. The Labute approximate surface area is 203 Å². The zero-order chi connectivity index (χ0) is 24.0. The number of aromatic nitrogens is 1. The number of carbonyl (C=O) groups is 1. The van der Waals surface area contributed by atoms with Crippen molar-refractivity contribution >= 4 is 51.0 Å². The Bertz CT molecular complexity index is 1180. The highest BCUT2D eigenvalue weighted by Crippen LogP contribution is 2.28. The summed E-state index contributed by atoms with van der Waals surface area (Å²) in [5.41, 5.74) is 2.46. The molecule has 0 fully saturated rings. The van der Waals surface area contributed by atoms with Crippen LogP contribution < -0.4 is 0 Å². The van der Waals surface area contributed by atoms with E-state index in [0.29, 0.717) is 18.1 Å². The number of aliphatic hydroxyl groups excluding tert-OH is 1. The van der Waals surface area contributed by atoms with Gasteiger partial charge in [-0.2, -0.15) is 0 Å². The van der Waals surface area contributed by atoms with Gasteiger partial charge in [-0.3, -0.25) is 0 Å². The van der Waals surface area contributed by atoms with E-state index in [1.165, 1.54) is 40.0 Å². The summed E-state index contributed by atoms with van der Waals surface area (Å²) >= 11 is 11.1. The van der Waals surface area contributed by atoms with Crippen LogP contribution >= 0.6 is 23.2 Å². The molecule has 5 nitrogen and oxygen atoms in total. The number of para-hydroxylation sites is 2. The predicted octanol–water partition coefficient (Wildman–Crippen LogP) is 6.19. The predicted molar refractivity (Wildman–Crippen MR) is 137 cm³/mol. The van der Waals surface area contributed by atoms with Crippen LogP contribution in [-0.4, -0.2) is 51.4 Å². The highest BCUT2D eigenvalue weighted by molar-refractivity contribution is 6.36. The van der Waals surface area contributed by atoms with Gasteiger partial charge in [-0.25, -0.2) is 4.79 Å². The van der Waals surface area contributed by atoms with E-state index in [2.05, 4.69) is 71.8 Å². The normalized spacial score (nSPS) is 12.1. The maximum absolute atomic E-state index is 10.5. The van der Waals surface area contributed by atoms with Gasteiger partial charge in [-0.05, 0) is 43.4 Å². The zero-order valence-corrected chi connectivity index (χ0v) is 20.2. The second kappa shape index (κ2) is 11.5. The first-order valence-electron chi connectivity index (χ1n) is 10.9. The van der Waals surface area contributed by atoms with Crippen LogP contribution in [0.1, 0.15) is 24.2 Å². The van der Waals surface area contributed by atoms with Gasteiger partial charge in [0.15, 0.2) is 0 Å². The summed E-state index contributed by atoms with van der Waals surface area (Å²) in [6, 6.07) is 21.1. The smallest absolute Gasteiger partial charge is 0.337 e. The van der Waals surface area contributed by atoms with Gasteiger partial charge in [0.2, 0.25) is 0 Å². The summed E-state index contributed by atoms with van der Waals surface area (Å²) in [5.74, 6) is -1.05. The second-order valence-corrected chi connectivity index (χ2v) is 8.56. The minimum Gasteiger partial charge on any atom is -0.478 e. The summed E-state index contributed by atoms with van der Waals surface area (Å²) in [5, 5.41) is 22.1. The van der Waals surface area contributed by atoms with E-state index in [-0.39, 0.29) is 16.7 Å². The summed E-state index contributed by atoms with van der Waals surface area (Å²) in [4.78, 5) is 12.7. The van der Waals surface area contributed by atoms with Gasteiger partial charge in [0.25, 0.3) is 0 Å². The Hall–Kier alpha value is -2.57. The SMILES string of the molecule is CCN(CC)CC(O)Cn1c2ccccc2c2ccccc21.O=C(O)c1ccc(Cl)cc1Cl. The number of fused-ring (bicyclic) bond motifs is 3. The van der Waals surface area contributed by atoms with Crippen molar-refractivity contribution in [2.24, 2.45) is 0 Å². The van der Waals surface area contributed by atoms with E-state index >= 15 is 0 Å². The van der Waals surface area contributed by atoms with E-state index in [1.807, 2.05) is 0 Å². The fraction of sp³-hybridized carbons (Fsp3) is 0.269. The number of rotatable bonds is 7. The molecule has 2 N–H and O–H groups in total. The topological polar surface area (TPSA) is 65.7 Å². The minimum atomic E-state index is -1.05. The van der Waals surface area contributed by atoms with Gasteiger partial charge in [0.1, 0.15) is 0 Å². The number of hydrogen-bond acceptors (Lipinski definition) is 3. The summed E-state index contributed by atoms with van der Waals surface area (Å²) in [6.45, 7) is 7.56. The average Bonchev–Trinajstić information content (AvgIpc) is 3.11. The molecule has 1 heterocycles. The standard InChI is InChI=1S/C19H24N2O.C7H4Cl2O2/c1-3-20(4-2)13-15(22)14-21-18-11-7-5-9-16(18)17-10-6-8-12-19(17)21;8-4-1-2-5(7(10)11)6(9)3-4/h5-12,15,22H,3-4,13-14H2,1-2H3;1-3H,(H,10,11). The Kier molecular flexibility index (Phi) is 8.75. The molecule has 1 unspecified atom stereocenters. The lowest BCUT2D eigenvalue weighted by atomic mass is 10.2. The largest absolute Gasteiger partial charge is 0.478 e. The molecule has 0 aliphatic rings. The third-order valence-corrected chi connectivity index (χ3v) is 6.15. The zero-order valence-electron chi connectivity index (χ0n) is 18.7. The van der Waals surface area contributed by atoms with Crippen LogP contribution in [-0.2, 0) is 6.54 Å². The lowest BCUT2D eigenvalue weighted by Gasteiger charge is -2.22. The monoisotopic (exact) mass is 486 g/mol. The summed E-state index contributed by atoms with van der Waals surface area (Å²) in [6.07, 6.45) is -0.362. The third kappa shape index (κ3) is 6.06. The van der Waals surface area contributed by atoms with Crippen LogP contribution in [0, 0.1) is 0 Å². The fourth-order valence-corrected chi connectivity index (χ4v) is 4.40. The van der Waals surface area contributed by atoms with E-state index in [1.54, 1.807) is 0 Å². The lowest BCUT2D eigenvalue weighted by molar-refractivity contribution is 0.0697. The lowest BCUT2D eigenvalue weighted by Crippen LogP contribution is -2.34. The molecule has 174 valence electrons. The first kappa shape index (κ1) is 25.1. The van der Waals surface area contributed by atoms with Gasteiger partial charge >= 0.3 is 5.97 Å². The van der Waals surface area contributed by atoms with Gasteiger partial charge in [-0.1, -0.05) is 73.4 Å². The molecule has 0 aliphatic heterocycles. The summed E-state index contributed by atoms with van der Waals surface area (Å²) < 4.78 is 2.25. The maximum Gasteiger partial charge on any atom is 0.337 e. The number of likely N-dealkylation sites (N-methyl/N-ethyl adjacent to an activating group) is 1. The van der Waals surface area contributed by atoms with Crippen LogP contribution in [0.3, 0.4) is 0 Å². The van der Waals surface area contributed by atoms with E-state index in [9.17, 15) is 9.90 Å². The molecule has 4 rings (SSSR count). The van der Waals surface area contributed by atoms with Gasteiger partial charge < -0.3 is 19.7 Å². The molecular weight excluding hydrogens is 459 g/mol. The molecule has 7 heteroatoms. The number of hydrogen-bond donors (Lipinski definition) is 2. The molecule has 1 aromatic heterocycles. The van der Waals surface area contributed by atoms with Crippen molar-refractivity contribution in [3.63, 3.8) is 0 Å². The molecule has 4 aromatic rings. The van der Waals surface area contributed by atoms with Crippen molar-refractivity contribution in [1.82, 2.24) is 9.47 Å². The van der Waals surface area contributed by atoms with Gasteiger partial charge in [-0.15, -0.1) is 0 Å². The van der Waals surface area contributed by atoms with Crippen LogP contribution in [0.25, 0.3) is 21.8 Å². The first-order chi connectivity index (χ1) is 15.8. The molecular formula is C26H28Cl2N2O3. The Morgan fingerprint density at radius 2 is 1.48 bits per heavy atom. The molecule has 0 bridgehead atoms. The number of benzene rings is 3. The van der Waals surface area contributed by atoms with E-state index in [0.717, 1.165) is 13.1 Å². The molecule has 1 atom stereocenters. The molecule has 0 saturated carbocycles. The van der Waals surface area contributed by atoms with Crippen LogP contribution in [0.2, 0.25) is 10.0 Å². The van der Waals surface area contributed by atoms with E-state index < -0.39 is 5.97 Å². The molecule has 0 radical (unpaired) electrons. The van der Waals surface area contributed by atoms with Gasteiger partial charge in [0.05, 0.1) is 23.2 Å². The van der Waals surface area contributed by atoms with Crippen molar-refractivity contribution in [2.45, 2.75) is 26.5 Å². The molecule has 33 heavy (non-hydrogen) atoms. The molecule has 3 aromatic carbocycles. The van der Waals surface area contributed by atoms with Gasteiger partial charge in [0, 0.05) is 33.4 Å². The van der Waals surface area contributed by atoms with E-state index in [4.69, 9.17) is 28.3 Å². The highest BCUT2D eigenvalue weighted by Gasteiger charge is 2.14. The molecule has 0 aliphatic carbocycles. The van der Waals surface area contributed by atoms with Crippen LogP contribution in [0.15, 0.2) is 66.7 Å². The summed E-state index contributed by atoms with van der Waals surface area (Å²) in [7, 11) is 0. The second-order valence-electron chi connectivity index (χ2n) is 7.71.